The highest BCUT2D eigenvalue weighted by Crippen LogP contribution is 2.14. The van der Waals surface area contributed by atoms with E-state index in [9.17, 15) is 4.79 Å². The first-order valence-electron chi connectivity index (χ1n) is 10.0. The van der Waals surface area contributed by atoms with Gasteiger partial charge in [0, 0.05) is 17.7 Å². The Bertz CT molecular complexity index is 878. The first kappa shape index (κ1) is 22.5. The molecule has 0 bridgehead atoms. The summed E-state index contributed by atoms with van der Waals surface area (Å²) in [5.74, 6) is 6.34. The first-order chi connectivity index (χ1) is 13.8. The maximum Gasteiger partial charge on any atom is 0.320 e. The highest BCUT2D eigenvalue weighted by Gasteiger charge is 2.17. The van der Waals surface area contributed by atoms with Crippen molar-refractivity contribution < 1.29 is 9.53 Å². The topological polar surface area (TPSA) is 29.5 Å². The van der Waals surface area contributed by atoms with Crippen molar-refractivity contribution in [3.63, 3.8) is 0 Å². The minimum atomic E-state index is -0.470. The highest BCUT2D eigenvalue weighted by atomic mass is 16.6. The molecule has 2 aromatic rings. The number of ether oxygens (including phenoxy) is 1. The second-order valence-electron chi connectivity index (χ2n) is 8.07. The van der Waals surface area contributed by atoms with E-state index in [2.05, 4.69) is 61.2 Å². The minimum absolute atomic E-state index is 0.225. The highest BCUT2D eigenvalue weighted by molar-refractivity contribution is 5.79. The van der Waals surface area contributed by atoms with E-state index < -0.39 is 5.60 Å². The molecule has 0 aliphatic rings. The molecular weight excluding hydrogens is 358 g/mol. The molecule has 0 heterocycles. The molecule has 2 rings (SSSR count). The van der Waals surface area contributed by atoms with Gasteiger partial charge in [0.1, 0.15) is 5.60 Å². The molecule has 0 aliphatic heterocycles. The van der Waals surface area contributed by atoms with Crippen molar-refractivity contribution in [2.75, 3.05) is 20.1 Å². The van der Waals surface area contributed by atoms with Crippen LogP contribution >= 0.6 is 0 Å². The first-order valence-corrected chi connectivity index (χ1v) is 10.0. The summed E-state index contributed by atoms with van der Waals surface area (Å²) in [7, 11) is 1.90. The van der Waals surface area contributed by atoms with Gasteiger partial charge in [-0.15, -0.1) is 0 Å². The van der Waals surface area contributed by atoms with Gasteiger partial charge in [-0.1, -0.05) is 67.3 Å². The Morgan fingerprint density at radius 3 is 2.31 bits per heavy atom. The molecule has 0 unspecified atom stereocenters. The molecule has 2 aromatic carbocycles. The van der Waals surface area contributed by atoms with Gasteiger partial charge in [-0.3, -0.25) is 9.69 Å². The average molecular weight is 390 g/mol. The van der Waals surface area contributed by atoms with Crippen LogP contribution < -0.4 is 0 Å². The molecule has 0 saturated heterocycles. The number of benzene rings is 2. The molecule has 0 atom stereocenters. The Morgan fingerprint density at radius 1 is 1.07 bits per heavy atom. The lowest BCUT2D eigenvalue weighted by Crippen LogP contribution is -2.32. The molecule has 29 heavy (non-hydrogen) atoms. The van der Waals surface area contributed by atoms with Gasteiger partial charge in [-0.2, -0.15) is 0 Å². The fraction of sp³-hybridized carbons (Fsp3) is 0.346. The molecule has 3 heteroatoms. The van der Waals surface area contributed by atoms with Gasteiger partial charge in [0.05, 0.1) is 6.54 Å². The maximum atomic E-state index is 12.0. The lowest BCUT2D eigenvalue weighted by molar-refractivity contribution is -0.155. The van der Waals surface area contributed by atoms with Crippen LogP contribution in [0.4, 0.5) is 0 Å². The number of esters is 1. The predicted molar refractivity (Wildman–Crippen MR) is 120 cm³/mol. The molecular formula is C26H31NO2. The van der Waals surface area contributed by atoms with Gasteiger partial charge in [0.25, 0.3) is 0 Å². The number of rotatable bonds is 6. The number of hydrogen-bond acceptors (Lipinski definition) is 3. The quantitative estimate of drug-likeness (QED) is 0.517. The number of carbonyl (C=O) groups is 1. The number of hydrogen-bond donors (Lipinski definition) is 0. The van der Waals surface area contributed by atoms with E-state index >= 15 is 0 Å². The summed E-state index contributed by atoms with van der Waals surface area (Å²) in [5, 5.41) is 0. The summed E-state index contributed by atoms with van der Waals surface area (Å²) in [6, 6.07) is 18.5. The van der Waals surface area contributed by atoms with Gasteiger partial charge in [-0.05, 0) is 57.5 Å². The molecule has 152 valence electrons. The number of allylic oxidation sites excluding steroid dienone is 1. The van der Waals surface area contributed by atoms with Crippen molar-refractivity contribution in [1.82, 2.24) is 4.90 Å². The average Bonchev–Trinajstić information content (AvgIpc) is 2.67. The lowest BCUT2D eigenvalue weighted by Gasteiger charge is -2.22. The molecule has 3 nitrogen and oxygen atoms in total. The second-order valence-corrected chi connectivity index (χ2v) is 8.07. The Morgan fingerprint density at radius 2 is 1.72 bits per heavy atom. The standard InChI is InChI=1S/C26H31NO2/c1-6-21-12-14-22(15-13-21)16-17-24(23-10-8-7-9-11-23)18-19-27(5)20-25(28)29-26(2,3)4/h7-15,18H,6,19-20H2,1-5H3. The van der Waals surface area contributed by atoms with Crippen molar-refractivity contribution in [1.29, 1.82) is 0 Å². The smallest absolute Gasteiger partial charge is 0.320 e. The van der Waals surface area contributed by atoms with Crippen LogP contribution in [0.1, 0.15) is 44.4 Å². The van der Waals surface area contributed by atoms with Crippen molar-refractivity contribution in [2.24, 2.45) is 0 Å². The molecule has 0 aliphatic carbocycles. The lowest BCUT2D eigenvalue weighted by atomic mass is 10.0. The summed E-state index contributed by atoms with van der Waals surface area (Å²) in [6.07, 6.45) is 3.08. The summed E-state index contributed by atoms with van der Waals surface area (Å²) >= 11 is 0. The van der Waals surface area contributed by atoms with Crippen LogP contribution in [0.3, 0.4) is 0 Å². The molecule has 0 saturated carbocycles. The zero-order valence-electron chi connectivity index (χ0n) is 18.2. The van der Waals surface area contributed by atoms with Crippen LogP contribution in [0.15, 0.2) is 60.7 Å². The van der Waals surface area contributed by atoms with Crippen LogP contribution in [0.5, 0.6) is 0 Å². The number of nitrogens with zero attached hydrogens (tertiary/aromatic N) is 1. The van der Waals surface area contributed by atoms with Crippen LogP contribution in [0.25, 0.3) is 5.57 Å². The Kier molecular flexibility index (Phi) is 8.24. The molecule has 0 radical (unpaired) electrons. The van der Waals surface area contributed by atoms with Gasteiger partial charge in [-0.25, -0.2) is 0 Å². The van der Waals surface area contributed by atoms with E-state index in [4.69, 9.17) is 4.74 Å². The second kappa shape index (κ2) is 10.6. The Hall–Kier alpha value is -2.83. The van der Waals surface area contributed by atoms with Crippen LogP contribution in [-0.2, 0) is 16.0 Å². The minimum Gasteiger partial charge on any atom is -0.459 e. The number of carbonyl (C=O) groups excluding carboxylic acids is 1. The maximum absolute atomic E-state index is 12.0. The third kappa shape index (κ3) is 8.37. The molecule has 0 aromatic heterocycles. The summed E-state index contributed by atoms with van der Waals surface area (Å²) in [4.78, 5) is 14.0. The summed E-state index contributed by atoms with van der Waals surface area (Å²) < 4.78 is 5.39. The van der Waals surface area contributed by atoms with Crippen molar-refractivity contribution in [3.05, 3.63) is 77.4 Å². The normalized spacial score (nSPS) is 11.7. The Balaban J connectivity index is 2.14. The SMILES string of the molecule is CCc1ccc(C#CC(=CCN(C)CC(=O)OC(C)(C)C)c2ccccc2)cc1. The van der Waals surface area contributed by atoms with E-state index in [0.29, 0.717) is 6.54 Å². The van der Waals surface area contributed by atoms with Gasteiger partial charge >= 0.3 is 5.97 Å². The van der Waals surface area contributed by atoms with Crippen molar-refractivity contribution in [3.8, 4) is 11.8 Å². The fourth-order valence-electron chi connectivity index (χ4n) is 2.73. The van der Waals surface area contributed by atoms with Gasteiger partial charge in [0.2, 0.25) is 0 Å². The zero-order valence-corrected chi connectivity index (χ0v) is 18.2. The van der Waals surface area contributed by atoms with E-state index in [1.807, 2.05) is 50.9 Å². The summed E-state index contributed by atoms with van der Waals surface area (Å²) in [5.41, 5.74) is 3.84. The third-order valence-electron chi connectivity index (χ3n) is 4.21. The zero-order chi connectivity index (χ0) is 21.3. The molecule has 0 N–H and O–H groups in total. The van der Waals surface area contributed by atoms with Crippen LogP contribution in [-0.4, -0.2) is 36.6 Å². The van der Waals surface area contributed by atoms with Gasteiger partial charge in [0.15, 0.2) is 0 Å². The predicted octanol–water partition coefficient (Wildman–Crippen LogP) is 4.96. The van der Waals surface area contributed by atoms with E-state index in [1.165, 1.54) is 5.56 Å². The molecule has 0 fully saturated rings. The fourth-order valence-corrected chi connectivity index (χ4v) is 2.73. The van der Waals surface area contributed by atoms with Crippen molar-refractivity contribution in [2.45, 2.75) is 39.7 Å². The van der Waals surface area contributed by atoms with E-state index in [1.54, 1.807) is 0 Å². The monoisotopic (exact) mass is 389 g/mol. The van der Waals surface area contributed by atoms with Crippen molar-refractivity contribution >= 4 is 11.5 Å². The van der Waals surface area contributed by atoms with Gasteiger partial charge < -0.3 is 4.74 Å². The Labute approximate surface area is 175 Å². The van der Waals surface area contributed by atoms with E-state index in [0.717, 1.165) is 23.1 Å². The molecule has 0 amide bonds. The molecule has 0 spiro atoms. The number of likely N-dealkylation sites (N-methyl/N-ethyl adjacent to an activating group) is 1. The van der Waals surface area contributed by atoms with Crippen LogP contribution in [0.2, 0.25) is 0 Å². The van der Waals surface area contributed by atoms with Crippen LogP contribution in [0, 0.1) is 11.8 Å². The largest absolute Gasteiger partial charge is 0.459 e. The van der Waals surface area contributed by atoms with E-state index in [-0.39, 0.29) is 12.5 Å². The summed E-state index contributed by atoms with van der Waals surface area (Å²) in [6.45, 7) is 8.61. The third-order valence-corrected chi connectivity index (χ3v) is 4.21. The number of aryl methyl sites for hydroxylation is 1.